The van der Waals surface area contributed by atoms with Crippen LogP contribution < -0.4 is 0 Å². The summed E-state index contributed by atoms with van der Waals surface area (Å²) in [4.78, 5) is 9.32. The van der Waals surface area contributed by atoms with Crippen molar-refractivity contribution in [2.75, 3.05) is 0 Å². The van der Waals surface area contributed by atoms with E-state index in [1.54, 1.807) is 11.3 Å². The van der Waals surface area contributed by atoms with Crippen molar-refractivity contribution < 1.29 is 0 Å². The van der Waals surface area contributed by atoms with Crippen LogP contribution in [0.15, 0.2) is 54.6 Å². The van der Waals surface area contributed by atoms with Crippen LogP contribution in [0, 0.1) is 6.92 Å². The lowest BCUT2D eigenvalue weighted by atomic mass is 10.1. The molecule has 2 aromatic carbocycles. The normalized spacial score (nSPS) is 10.5. The van der Waals surface area contributed by atoms with Gasteiger partial charge >= 0.3 is 0 Å². The molecular formula is C19H18N2S. The minimum absolute atomic E-state index is 0.819. The molecule has 0 bridgehead atoms. The summed E-state index contributed by atoms with van der Waals surface area (Å²) in [5.41, 5.74) is 3.25. The van der Waals surface area contributed by atoms with Crippen molar-refractivity contribution in [2.45, 2.75) is 20.8 Å². The molecule has 0 spiro atoms. The quantitative estimate of drug-likeness (QED) is 0.441. The molecule has 22 heavy (non-hydrogen) atoms. The van der Waals surface area contributed by atoms with E-state index in [9.17, 15) is 0 Å². The summed E-state index contributed by atoms with van der Waals surface area (Å²) in [6.45, 7) is 5.96. The van der Waals surface area contributed by atoms with E-state index in [4.69, 9.17) is 0 Å². The Balaban J connectivity index is 0.000000693. The van der Waals surface area contributed by atoms with Gasteiger partial charge in [0.1, 0.15) is 5.82 Å². The zero-order chi connectivity index (χ0) is 15.5. The van der Waals surface area contributed by atoms with Crippen molar-refractivity contribution >= 4 is 31.6 Å². The monoisotopic (exact) mass is 306 g/mol. The molecule has 0 amide bonds. The second-order valence-electron chi connectivity index (χ2n) is 4.76. The molecule has 0 atom stereocenters. The van der Waals surface area contributed by atoms with Crippen molar-refractivity contribution in [3.63, 3.8) is 0 Å². The van der Waals surface area contributed by atoms with Gasteiger partial charge in [-0.3, -0.25) is 0 Å². The Labute approximate surface area is 134 Å². The summed E-state index contributed by atoms with van der Waals surface area (Å²) in [6, 6.07) is 18.7. The van der Waals surface area contributed by atoms with Crippen LogP contribution in [0.4, 0.5) is 0 Å². The molecule has 0 radical (unpaired) electrons. The molecule has 3 heteroatoms. The lowest BCUT2D eigenvalue weighted by Crippen LogP contribution is -1.91. The first-order chi connectivity index (χ1) is 10.8. The number of hydrogen-bond donors (Lipinski definition) is 0. The summed E-state index contributed by atoms with van der Waals surface area (Å²) in [5, 5.41) is 1.22. The van der Waals surface area contributed by atoms with E-state index in [1.807, 2.05) is 39.0 Å². The van der Waals surface area contributed by atoms with Gasteiger partial charge in [-0.25, -0.2) is 9.97 Å². The van der Waals surface area contributed by atoms with Gasteiger partial charge in [0, 0.05) is 15.6 Å². The summed E-state index contributed by atoms with van der Waals surface area (Å²) < 4.78 is 2.43. The maximum Gasteiger partial charge on any atom is 0.126 e. The Morgan fingerprint density at radius 1 is 0.818 bits per heavy atom. The first-order valence-electron chi connectivity index (χ1n) is 7.54. The molecule has 0 fully saturated rings. The van der Waals surface area contributed by atoms with Crippen LogP contribution in [0.3, 0.4) is 0 Å². The lowest BCUT2D eigenvalue weighted by molar-refractivity contribution is 1.10. The van der Waals surface area contributed by atoms with Gasteiger partial charge in [0.2, 0.25) is 0 Å². The number of hydrogen-bond acceptors (Lipinski definition) is 3. The topological polar surface area (TPSA) is 25.8 Å². The molecule has 2 aromatic heterocycles. The number of thiophene rings is 1. The highest BCUT2D eigenvalue weighted by Crippen LogP contribution is 2.37. The van der Waals surface area contributed by atoms with E-state index in [2.05, 4.69) is 46.4 Å². The smallest absolute Gasteiger partial charge is 0.126 e. The standard InChI is InChI=1S/C17H12N2S.C2H6/c1-11-18-15(12-7-3-2-4-8-12)17-16(19-11)13-9-5-6-10-14(13)20-17;1-2/h2-10H,1H3;1-2H3. The van der Waals surface area contributed by atoms with Gasteiger partial charge in [0.05, 0.1) is 15.9 Å². The molecular weight excluding hydrogens is 288 g/mol. The van der Waals surface area contributed by atoms with Gasteiger partial charge < -0.3 is 0 Å². The molecule has 0 saturated carbocycles. The van der Waals surface area contributed by atoms with Gasteiger partial charge in [-0.15, -0.1) is 11.3 Å². The molecule has 0 aliphatic carbocycles. The lowest BCUT2D eigenvalue weighted by Gasteiger charge is -2.03. The van der Waals surface area contributed by atoms with Crippen LogP contribution in [0.25, 0.3) is 31.6 Å². The third-order valence-corrected chi connectivity index (χ3v) is 4.55. The van der Waals surface area contributed by atoms with E-state index in [0.29, 0.717) is 0 Å². The number of aryl methyl sites for hydroxylation is 1. The van der Waals surface area contributed by atoms with Crippen LogP contribution in [-0.4, -0.2) is 9.97 Å². The van der Waals surface area contributed by atoms with E-state index in [-0.39, 0.29) is 0 Å². The van der Waals surface area contributed by atoms with Crippen LogP contribution in [0.1, 0.15) is 19.7 Å². The first-order valence-corrected chi connectivity index (χ1v) is 8.36. The summed E-state index contributed by atoms with van der Waals surface area (Å²) >= 11 is 1.77. The molecule has 2 heterocycles. The zero-order valence-corrected chi connectivity index (χ0v) is 13.8. The van der Waals surface area contributed by atoms with Crippen LogP contribution in [0.2, 0.25) is 0 Å². The number of aromatic nitrogens is 2. The van der Waals surface area contributed by atoms with Gasteiger partial charge in [0.25, 0.3) is 0 Å². The molecule has 4 rings (SSSR count). The van der Waals surface area contributed by atoms with E-state index < -0.39 is 0 Å². The fourth-order valence-electron chi connectivity index (χ4n) is 2.49. The van der Waals surface area contributed by atoms with Gasteiger partial charge in [0.15, 0.2) is 0 Å². The highest BCUT2D eigenvalue weighted by atomic mass is 32.1. The van der Waals surface area contributed by atoms with E-state index in [0.717, 1.165) is 22.6 Å². The maximum atomic E-state index is 4.67. The van der Waals surface area contributed by atoms with Gasteiger partial charge in [-0.2, -0.15) is 0 Å². The van der Waals surface area contributed by atoms with Crippen LogP contribution in [0.5, 0.6) is 0 Å². The molecule has 0 aliphatic rings. The maximum absolute atomic E-state index is 4.67. The van der Waals surface area contributed by atoms with Crippen molar-refractivity contribution in [3.8, 4) is 11.3 Å². The van der Waals surface area contributed by atoms with Crippen molar-refractivity contribution in [1.82, 2.24) is 9.97 Å². The molecule has 4 aromatic rings. The summed E-state index contributed by atoms with van der Waals surface area (Å²) in [5.74, 6) is 0.819. The zero-order valence-electron chi connectivity index (χ0n) is 13.0. The highest BCUT2D eigenvalue weighted by Gasteiger charge is 2.13. The average molecular weight is 306 g/mol. The Morgan fingerprint density at radius 3 is 2.27 bits per heavy atom. The minimum Gasteiger partial charge on any atom is -0.232 e. The predicted molar refractivity (Wildman–Crippen MR) is 96.4 cm³/mol. The number of rotatable bonds is 1. The Kier molecular flexibility index (Phi) is 4.16. The molecule has 110 valence electrons. The summed E-state index contributed by atoms with van der Waals surface area (Å²) in [6.07, 6.45) is 0. The summed E-state index contributed by atoms with van der Waals surface area (Å²) in [7, 11) is 0. The van der Waals surface area contributed by atoms with Crippen molar-refractivity contribution in [1.29, 1.82) is 0 Å². The highest BCUT2D eigenvalue weighted by molar-refractivity contribution is 7.26. The Bertz CT molecular complexity index is 911. The van der Waals surface area contributed by atoms with Crippen molar-refractivity contribution in [3.05, 3.63) is 60.4 Å². The molecule has 0 N–H and O–H groups in total. The molecule has 2 nitrogen and oxygen atoms in total. The second kappa shape index (κ2) is 6.24. The molecule has 0 unspecified atom stereocenters. The van der Waals surface area contributed by atoms with Crippen LogP contribution in [-0.2, 0) is 0 Å². The Morgan fingerprint density at radius 2 is 1.50 bits per heavy atom. The fourth-order valence-corrected chi connectivity index (χ4v) is 3.65. The first kappa shape index (κ1) is 14.7. The van der Waals surface area contributed by atoms with E-state index >= 15 is 0 Å². The van der Waals surface area contributed by atoms with Gasteiger partial charge in [-0.05, 0) is 13.0 Å². The van der Waals surface area contributed by atoms with Crippen molar-refractivity contribution in [2.24, 2.45) is 0 Å². The van der Waals surface area contributed by atoms with E-state index in [1.165, 1.54) is 14.8 Å². The largest absolute Gasteiger partial charge is 0.232 e. The number of fused-ring (bicyclic) bond motifs is 3. The third kappa shape index (κ3) is 2.48. The predicted octanol–water partition coefficient (Wildman–Crippen LogP) is 5.85. The molecule has 0 aliphatic heterocycles. The third-order valence-electron chi connectivity index (χ3n) is 3.38. The SMILES string of the molecule is CC.Cc1nc(-c2ccccc2)c2sc3ccccc3c2n1. The van der Waals surface area contributed by atoms with Gasteiger partial charge in [-0.1, -0.05) is 62.4 Å². The average Bonchev–Trinajstić information content (AvgIpc) is 2.95. The van der Waals surface area contributed by atoms with Crippen LogP contribution >= 0.6 is 11.3 Å². The fraction of sp³-hybridized carbons (Fsp3) is 0.158. The second-order valence-corrected chi connectivity index (χ2v) is 5.81. The molecule has 0 saturated heterocycles. The Hall–Kier alpha value is -2.26. The number of nitrogens with zero attached hydrogens (tertiary/aromatic N) is 2. The minimum atomic E-state index is 0.819. The number of benzene rings is 2.